The summed E-state index contributed by atoms with van der Waals surface area (Å²) in [6, 6.07) is 29.2. The average molecular weight is 499 g/mol. The highest BCUT2D eigenvalue weighted by molar-refractivity contribution is 14.1. The number of hydrogen-bond acceptors (Lipinski definition) is 0. The van der Waals surface area contributed by atoms with E-state index in [1.54, 1.807) is 0 Å². The molecule has 0 aliphatic heterocycles. The molecule has 1 aliphatic rings. The third-order valence-electron chi connectivity index (χ3n) is 6.78. The van der Waals surface area contributed by atoms with E-state index >= 15 is 0 Å². The highest BCUT2D eigenvalue weighted by Crippen LogP contribution is 2.52. The van der Waals surface area contributed by atoms with Crippen molar-refractivity contribution in [3.05, 3.63) is 95.6 Å². The number of aromatic amines is 1. The maximum atomic E-state index is 3.65. The molecule has 0 radical (unpaired) electrons. The van der Waals surface area contributed by atoms with Crippen LogP contribution < -0.4 is 0 Å². The van der Waals surface area contributed by atoms with Gasteiger partial charge in [-0.3, -0.25) is 0 Å². The summed E-state index contributed by atoms with van der Waals surface area (Å²) in [5.74, 6) is 0. The van der Waals surface area contributed by atoms with E-state index in [9.17, 15) is 0 Å². The Bertz CT molecular complexity index is 1450. The van der Waals surface area contributed by atoms with Gasteiger partial charge in [-0.1, -0.05) is 103 Å². The molecule has 4 aromatic carbocycles. The topological polar surface area (TPSA) is 15.8 Å². The minimum Gasteiger partial charge on any atom is -0.354 e. The normalized spacial score (nSPS) is 14.2. The van der Waals surface area contributed by atoms with Gasteiger partial charge in [0.1, 0.15) is 0 Å². The lowest BCUT2D eigenvalue weighted by molar-refractivity contribution is 0.660. The summed E-state index contributed by atoms with van der Waals surface area (Å²) < 4.78 is 1.01. The molecule has 1 heterocycles. The third-order valence-corrected chi connectivity index (χ3v) is 7.60. The predicted molar refractivity (Wildman–Crippen MR) is 137 cm³/mol. The molecule has 0 saturated heterocycles. The van der Waals surface area contributed by atoms with Crippen molar-refractivity contribution in [1.82, 2.24) is 4.98 Å². The van der Waals surface area contributed by atoms with E-state index in [2.05, 4.69) is 120 Å². The Labute approximate surface area is 190 Å². The van der Waals surface area contributed by atoms with Crippen molar-refractivity contribution in [3.8, 4) is 22.3 Å². The Morgan fingerprint density at radius 3 is 2.40 bits per heavy atom. The van der Waals surface area contributed by atoms with Crippen LogP contribution in [0.1, 0.15) is 30.5 Å². The van der Waals surface area contributed by atoms with E-state index in [0.717, 1.165) is 4.43 Å². The first kappa shape index (κ1) is 18.2. The van der Waals surface area contributed by atoms with Crippen LogP contribution in [-0.4, -0.2) is 4.98 Å². The van der Waals surface area contributed by atoms with E-state index in [1.807, 2.05) is 0 Å². The van der Waals surface area contributed by atoms with Gasteiger partial charge in [0.25, 0.3) is 0 Å². The smallest absolute Gasteiger partial charge is 0.0505 e. The fourth-order valence-electron chi connectivity index (χ4n) is 5.26. The lowest BCUT2D eigenvalue weighted by Gasteiger charge is -2.21. The van der Waals surface area contributed by atoms with Gasteiger partial charge < -0.3 is 4.98 Å². The number of halogens is 1. The summed E-state index contributed by atoms with van der Waals surface area (Å²) in [6.07, 6.45) is 0. The number of fused-ring (bicyclic) bond motifs is 6. The van der Waals surface area contributed by atoms with Crippen LogP contribution in [0.25, 0.3) is 44.1 Å². The van der Waals surface area contributed by atoms with Crippen molar-refractivity contribution < 1.29 is 0 Å². The van der Waals surface area contributed by atoms with Crippen molar-refractivity contribution in [1.29, 1.82) is 0 Å². The standard InChI is InChI=1S/C28H22IN/c1-28(2)23-11-4-3-8-21(23)26-19(9-6-12-24(26)28)17-13-14-25-22(15-17)20-10-5-7-18(16-29)27(20)30-25/h3-15,30H,16H2,1-2H3. The molecule has 0 saturated carbocycles. The van der Waals surface area contributed by atoms with Crippen LogP contribution in [0.5, 0.6) is 0 Å². The number of rotatable bonds is 2. The molecule has 1 nitrogen and oxygen atoms in total. The molecule has 30 heavy (non-hydrogen) atoms. The highest BCUT2D eigenvalue weighted by Gasteiger charge is 2.36. The van der Waals surface area contributed by atoms with Crippen LogP contribution >= 0.6 is 22.6 Å². The largest absolute Gasteiger partial charge is 0.354 e. The van der Waals surface area contributed by atoms with Gasteiger partial charge >= 0.3 is 0 Å². The van der Waals surface area contributed by atoms with Crippen molar-refractivity contribution in [3.63, 3.8) is 0 Å². The predicted octanol–water partition coefficient (Wildman–Crippen LogP) is 8.23. The first-order valence-electron chi connectivity index (χ1n) is 10.4. The lowest BCUT2D eigenvalue weighted by atomic mass is 9.82. The molecule has 0 spiro atoms. The van der Waals surface area contributed by atoms with Crippen LogP contribution in [0, 0.1) is 0 Å². The molecule has 0 atom stereocenters. The zero-order chi connectivity index (χ0) is 20.5. The van der Waals surface area contributed by atoms with Gasteiger partial charge in [-0.2, -0.15) is 0 Å². The summed E-state index contributed by atoms with van der Waals surface area (Å²) in [6.45, 7) is 4.69. The number of benzene rings is 4. The maximum absolute atomic E-state index is 3.65. The van der Waals surface area contributed by atoms with Crippen molar-refractivity contribution >= 4 is 44.4 Å². The Hall–Kier alpha value is -2.59. The number of H-pyrrole nitrogens is 1. The van der Waals surface area contributed by atoms with Crippen LogP contribution in [0.2, 0.25) is 0 Å². The van der Waals surface area contributed by atoms with Gasteiger partial charge in [-0.05, 0) is 51.1 Å². The summed E-state index contributed by atoms with van der Waals surface area (Å²) in [5, 5.41) is 2.62. The van der Waals surface area contributed by atoms with Crippen LogP contribution in [-0.2, 0) is 9.84 Å². The summed E-state index contributed by atoms with van der Waals surface area (Å²) in [4.78, 5) is 3.65. The van der Waals surface area contributed by atoms with Gasteiger partial charge in [0, 0.05) is 26.1 Å². The van der Waals surface area contributed by atoms with Gasteiger partial charge in [0.05, 0.1) is 5.52 Å². The fourth-order valence-corrected chi connectivity index (χ4v) is 5.89. The second-order valence-electron chi connectivity index (χ2n) is 8.76. The van der Waals surface area contributed by atoms with Crippen LogP contribution in [0.15, 0.2) is 78.9 Å². The Morgan fingerprint density at radius 1 is 0.767 bits per heavy atom. The van der Waals surface area contributed by atoms with Gasteiger partial charge in [0.15, 0.2) is 0 Å². The summed E-state index contributed by atoms with van der Waals surface area (Å²) in [7, 11) is 0. The number of alkyl halides is 1. The van der Waals surface area contributed by atoms with Crippen molar-refractivity contribution in [2.45, 2.75) is 23.7 Å². The maximum Gasteiger partial charge on any atom is 0.0505 e. The minimum absolute atomic E-state index is 0.0298. The molecule has 1 aliphatic carbocycles. The Kier molecular flexibility index (Phi) is 3.91. The first-order chi connectivity index (χ1) is 14.6. The Morgan fingerprint density at radius 2 is 1.53 bits per heavy atom. The number of aromatic nitrogens is 1. The highest BCUT2D eigenvalue weighted by atomic mass is 127. The number of para-hydroxylation sites is 1. The minimum atomic E-state index is 0.0298. The quantitative estimate of drug-likeness (QED) is 0.186. The lowest BCUT2D eigenvalue weighted by Crippen LogP contribution is -2.14. The monoisotopic (exact) mass is 499 g/mol. The third kappa shape index (κ3) is 2.40. The molecule has 2 heteroatoms. The number of hydrogen-bond donors (Lipinski definition) is 1. The van der Waals surface area contributed by atoms with Gasteiger partial charge in [-0.15, -0.1) is 0 Å². The summed E-state index contributed by atoms with van der Waals surface area (Å²) >= 11 is 2.45. The zero-order valence-electron chi connectivity index (χ0n) is 17.1. The first-order valence-corrected chi connectivity index (χ1v) is 11.9. The van der Waals surface area contributed by atoms with E-state index in [1.165, 1.54) is 60.8 Å². The fraction of sp³-hybridized carbons (Fsp3) is 0.143. The molecule has 6 rings (SSSR count). The molecule has 0 unspecified atom stereocenters. The second-order valence-corrected chi connectivity index (χ2v) is 9.52. The average Bonchev–Trinajstić information content (AvgIpc) is 3.27. The van der Waals surface area contributed by atoms with Gasteiger partial charge in [0.2, 0.25) is 0 Å². The zero-order valence-corrected chi connectivity index (χ0v) is 19.2. The molecular weight excluding hydrogens is 477 g/mol. The van der Waals surface area contributed by atoms with E-state index in [4.69, 9.17) is 0 Å². The molecule has 0 bridgehead atoms. The molecule has 1 N–H and O–H groups in total. The molecule has 5 aromatic rings. The van der Waals surface area contributed by atoms with Crippen LogP contribution in [0.3, 0.4) is 0 Å². The number of nitrogens with one attached hydrogen (secondary N) is 1. The molecule has 146 valence electrons. The van der Waals surface area contributed by atoms with Gasteiger partial charge in [-0.25, -0.2) is 0 Å². The SMILES string of the molecule is CC1(C)c2ccccc2-c2c(-c3ccc4[nH]c5c(CI)cccc5c4c3)cccc21. The summed E-state index contributed by atoms with van der Waals surface area (Å²) in [5.41, 5.74) is 12.1. The molecular formula is C28H22IN. The Balaban J connectivity index is 1.64. The van der Waals surface area contributed by atoms with Crippen molar-refractivity contribution in [2.24, 2.45) is 0 Å². The van der Waals surface area contributed by atoms with Crippen molar-refractivity contribution in [2.75, 3.05) is 0 Å². The van der Waals surface area contributed by atoms with E-state index < -0.39 is 0 Å². The molecule has 0 fully saturated rings. The van der Waals surface area contributed by atoms with Crippen LogP contribution in [0.4, 0.5) is 0 Å². The molecule has 1 aromatic heterocycles. The van der Waals surface area contributed by atoms with E-state index in [-0.39, 0.29) is 5.41 Å². The second kappa shape index (κ2) is 6.45. The molecule has 0 amide bonds. The van der Waals surface area contributed by atoms with E-state index in [0.29, 0.717) is 0 Å².